The monoisotopic (exact) mass is 375 g/mol. The molecule has 0 heterocycles. The van der Waals surface area contributed by atoms with Crippen molar-refractivity contribution in [1.82, 2.24) is 0 Å². The van der Waals surface area contributed by atoms with Crippen LogP contribution in [0.25, 0.3) is 0 Å². The summed E-state index contributed by atoms with van der Waals surface area (Å²) in [5, 5.41) is 10.6. The molecule has 0 aromatic heterocycles. The van der Waals surface area contributed by atoms with E-state index in [0.29, 0.717) is 15.6 Å². The van der Waals surface area contributed by atoms with Crippen LogP contribution >= 0.6 is 33.3 Å². The molecule has 0 radical (unpaired) electrons. The third kappa shape index (κ3) is 2.83. The molecular formula is C8H7ClINO4S. The largest absolute Gasteiger partial charge is 0.271 e. The zero-order chi connectivity index (χ0) is 12.5. The van der Waals surface area contributed by atoms with Crippen LogP contribution in [0.5, 0.6) is 0 Å². The van der Waals surface area contributed by atoms with Gasteiger partial charge in [0.25, 0.3) is 14.7 Å². The lowest BCUT2D eigenvalue weighted by Crippen LogP contribution is -2.02. The van der Waals surface area contributed by atoms with Crippen molar-refractivity contribution in [2.24, 2.45) is 0 Å². The molecule has 0 amide bonds. The first kappa shape index (κ1) is 13.7. The Kier molecular flexibility index (Phi) is 4.13. The Morgan fingerprint density at radius 2 is 2.06 bits per heavy atom. The summed E-state index contributed by atoms with van der Waals surface area (Å²) < 4.78 is 23.1. The quantitative estimate of drug-likeness (QED) is 0.352. The standard InChI is InChI=1S/C8H7ClINO4S/c1-2-6-7(10)3-5(11(12)13)4-8(6)16(9,14)15/h3-4H,2H2,1H3. The van der Waals surface area contributed by atoms with Gasteiger partial charge in [0, 0.05) is 26.4 Å². The van der Waals surface area contributed by atoms with E-state index < -0.39 is 14.0 Å². The van der Waals surface area contributed by atoms with E-state index in [1.807, 2.05) is 22.6 Å². The highest BCUT2D eigenvalue weighted by Crippen LogP contribution is 2.29. The normalized spacial score (nSPS) is 11.4. The second-order valence-electron chi connectivity index (χ2n) is 2.95. The van der Waals surface area contributed by atoms with Crippen LogP contribution in [0.2, 0.25) is 0 Å². The highest BCUT2D eigenvalue weighted by Gasteiger charge is 2.21. The molecule has 0 aliphatic rings. The molecule has 8 heteroatoms. The van der Waals surface area contributed by atoms with Gasteiger partial charge in [0.05, 0.1) is 9.82 Å². The molecule has 0 N–H and O–H groups in total. The van der Waals surface area contributed by atoms with Gasteiger partial charge in [-0.05, 0) is 34.6 Å². The summed E-state index contributed by atoms with van der Waals surface area (Å²) in [6.07, 6.45) is 0.442. The van der Waals surface area contributed by atoms with Crippen LogP contribution in [-0.4, -0.2) is 13.3 Å². The maximum Gasteiger partial charge on any atom is 0.271 e. The van der Waals surface area contributed by atoms with Crippen molar-refractivity contribution in [3.8, 4) is 0 Å². The van der Waals surface area contributed by atoms with Gasteiger partial charge >= 0.3 is 0 Å². The molecule has 0 saturated carbocycles. The molecule has 0 spiro atoms. The van der Waals surface area contributed by atoms with E-state index >= 15 is 0 Å². The van der Waals surface area contributed by atoms with E-state index in [-0.39, 0.29) is 10.6 Å². The summed E-state index contributed by atoms with van der Waals surface area (Å²) in [4.78, 5) is 9.77. The third-order valence-electron chi connectivity index (χ3n) is 1.97. The van der Waals surface area contributed by atoms with Crippen LogP contribution in [-0.2, 0) is 15.5 Å². The molecule has 0 fully saturated rings. The number of hydrogen-bond acceptors (Lipinski definition) is 4. The lowest BCUT2D eigenvalue weighted by atomic mass is 10.1. The number of rotatable bonds is 3. The number of nitrogens with zero attached hydrogens (tertiary/aromatic N) is 1. The summed E-state index contributed by atoms with van der Waals surface area (Å²) in [7, 11) is 1.28. The van der Waals surface area contributed by atoms with Gasteiger partial charge in [0.1, 0.15) is 0 Å². The first-order chi connectivity index (χ1) is 7.27. The molecule has 1 aromatic rings. The van der Waals surface area contributed by atoms with E-state index in [2.05, 4.69) is 0 Å². The lowest BCUT2D eigenvalue weighted by Gasteiger charge is -2.06. The van der Waals surface area contributed by atoms with Gasteiger partial charge in [-0.25, -0.2) is 8.42 Å². The van der Waals surface area contributed by atoms with Crippen LogP contribution < -0.4 is 0 Å². The average Bonchev–Trinajstić information content (AvgIpc) is 2.14. The minimum absolute atomic E-state index is 0.185. The van der Waals surface area contributed by atoms with E-state index in [0.717, 1.165) is 6.07 Å². The molecule has 0 aliphatic carbocycles. The molecule has 0 atom stereocenters. The number of nitro groups is 1. The fraction of sp³-hybridized carbons (Fsp3) is 0.250. The van der Waals surface area contributed by atoms with Gasteiger partial charge in [-0.15, -0.1) is 0 Å². The Hall–Kier alpha value is -0.410. The van der Waals surface area contributed by atoms with Crippen LogP contribution in [0.4, 0.5) is 5.69 Å². The van der Waals surface area contributed by atoms with Crippen LogP contribution in [0, 0.1) is 13.7 Å². The summed E-state index contributed by atoms with van der Waals surface area (Å²) in [5.41, 5.74) is 0.224. The fourth-order valence-corrected chi connectivity index (χ4v) is 3.66. The maximum atomic E-state index is 11.3. The van der Waals surface area contributed by atoms with Crippen molar-refractivity contribution in [2.75, 3.05) is 0 Å². The van der Waals surface area contributed by atoms with Crippen molar-refractivity contribution in [1.29, 1.82) is 0 Å². The van der Waals surface area contributed by atoms with Gasteiger partial charge in [-0.1, -0.05) is 6.92 Å². The number of nitro benzene ring substituents is 1. The van der Waals surface area contributed by atoms with Crippen molar-refractivity contribution < 1.29 is 13.3 Å². The van der Waals surface area contributed by atoms with Crippen molar-refractivity contribution in [3.63, 3.8) is 0 Å². The smallest absolute Gasteiger partial charge is 0.258 e. The van der Waals surface area contributed by atoms with E-state index in [1.165, 1.54) is 6.07 Å². The number of hydrogen-bond donors (Lipinski definition) is 0. The van der Waals surface area contributed by atoms with Crippen LogP contribution in [0.1, 0.15) is 12.5 Å². The Labute approximate surface area is 111 Å². The minimum atomic E-state index is -3.96. The predicted octanol–water partition coefficient (Wildman–Crippen LogP) is 2.69. The molecule has 16 heavy (non-hydrogen) atoms. The van der Waals surface area contributed by atoms with Crippen LogP contribution in [0.15, 0.2) is 17.0 Å². The van der Waals surface area contributed by atoms with Crippen molar-refractivity contribution in [2.45, 2.75) is 18.2 Å². The number of benzene rings is 1. The molecule has 0 saturated heterocycles. The van der Waals surface area contributed by atoms with Crippen molar-refractivity contribution >= 4 is 48.0 Å². The maximum absolute atomic E-state index is 11.3. The molecule has 0 bridgehead atoms. The topological polar surface area (TPSA) is 77.3 Å². The van der Waals surface area contributed by atoms with Crippen molar-refractivity contribution in [3.05, 3.63) is 31.4 Å². The summed E-state index contributed by atoms with van der Waals surface area (Å²) in [6.45, 7) is 1.76. The molecule has 0 aliphatic heterocycles. The van der Waals surface area contributed by atoms with Gasteiger partial charge in [-0.2, -0.15) is 0 Å². The number of halogens is 2. The zero-order valence-electron chi connectivity index (χ0n) is 8.11. The Balaban J connectivity index is 3.62. The van der Waals surface area contributed by atoms with Gasteiger partial charge in [0.15, 0.2) is 0 Å². The SMILES string of the molecule is CCc1c(I)cc([N+](=O)[O-])cc1S(=O)(=O)Cl. The first-order valence-electron chi connectivity index (χ1n) is 4.18. The Bertz CT molecular complexity index is 543. The zero-order valence-corrected chi connectivity index (χ0v) is 11.8. The molecule has 0 unspecified atom stereocenters. The molecule has 88 valence electrons. The average molecular weight is 376 g/mol. The second-order valence-corrected chi connectivity index (χ2v) is 6.65. The lowest BCUT2D eigenvalue weighted by molar-refractivity contribution is -0.385. The summed E-state index contributed by atoms with van der Waals surface area (Å²) in [6, 6.07) is 2.31. The van der Waals surface area contributed by atoms with Gasteiger partial charge in [0.2, 0.25) is 0 Å². The van der Waals surface area contributed by atoms with Gasteiger partial charge < -0.3 is 0 Å². The molecule has 1 rings (SSSR count). The third-order valence-corrected chi connectivity index (χ3v) is 4.32. The van der Waals surface area contributed by atoms with E-state index in [4.69, 9.17) is 10.7 Å². The summed E-state index contributed by atoms with van der Waals surface area (Å²) >= 11 is 1.86. The van der Waals surface area contributed by atoms with E-state index in [1.54, 1.807) is 6.92 Å². The highest BCUT2D eigenvalue weighted by atomic mass is 127. The highest BCUT2D eigenvalue weighted by molar-refractivity contribution is 14.1. The Morgan fingerprint density at radius 3 is 2.44 bits per heavy atom. The van der Waals surface area contributed by atoms with Crippen LogP contribution in [0.3, 0.4) is 0 Å². The predicted molar refractivity (Wildman–Crippen MR) is 68.2 cm³/mol. The number of non-ortho nitro benzene ring substituents is 1. The molecular weight excluding hydrogens is 369 g/mol. The Morgan fingerprint density at radius 1 is 1.50 bits per heavy atom. The molecule has 1 aromatic carbocycles. The first-order valence-corrected chi connectivity index (χ1v) is 7.57. The fourth-order valence-electron chi connectivity index (χ4n) is 1.26. The van der Waals surface area contributed by atoms with Gasteiger partial charge in [-0.3, -0.25) is 10.1 Å². The second kappa shape index (κ2) is 4.84. The summed E-state index contributed by atoms with van der Waals surface area (Å²) in [5.74, 6) is 0. The van der Waals surface area contributed by atoms with E-state index in [9.17, 15) is 18.5 Å². The molecule has 5 nitrogen and oxygen atoms in total. The minimum Gasteiger partial charge on any atom is -0.258 e.